The van der Waals surface area contributed by atoms with Crippen molar-refractivity contribution in [2.24, 2.45) is 0 Å². The van der Waals surface area contributed by atoms with Crippen LogP contribution < -0.4 is 16.0 Å². The van der Waals surface area contributed by atoms with Crippen LogP contribution in [0.15, 0.2) is 47.1 Å². The second-order valence-electron chi connectivity index (χ2n) is 5.82. The van der Waals surface area contributed by atoms with Crippen molar-refractivity contribution in [3.8, 4) is 0 Å². The summed E-state index contributed by atoms with van der Waals surface area (Å²) in [6.45, 7) is 1.19. The summed E-state index contributed by atoms with van der Waals surface area (Å²) in [7, 11) is 3.73. The number of nitrogens with one attached hydrogen (secondary N) is 3. The van der Waals surface area contributed by atoms with E-state index in [0.29, 0.717) is 18.8 Å². The molecule has 3 amide bonds. The monoisotopic (exact) mass is 358 g/mol. The van der Waals surface area contributed by atoms with Gasteiger partial charge in [-0.05, 0) is 38.4 Å². The molecular formula is C18H22N4O4. The summed E-state index contributed by atoms with van der Waals surface area (Å²) in [5, 5.41) is 7.70. The highest BCUT2D eigenvalue weighted by Crippen LogP contribution is 2.15. The lowest BCUT2D eigenvalue weighted by molar-refractivity contribution is -0.136. The van der Waals surface area contributed by atoms with E-state index < -0.39 is 11.8 Å². The number of amides is 3. The molecule has 8 nitrogen and oxygen atoms in total. The molecule has 0 fully saturated rings. The van der Waals surface area contributed by atoms with Crippen molar-refractivity contribution in [1.82, 2.24) is 15.5 Å². The molecule has 3 N–H and O–H groups in total. The van der Waals surface area contributed by atoms with Crippen LogP contribution in [0.2, 0.25) is 0 Å². The lowest BCUT2D eigenvalue weighted by Crippen LogP contribution is -2.39. The normalized spacial score (nSPS) is 10.4. The van der Waals surface area contributed by atoms with Crippen LogP contribution in [0, 0.1) is 0 Å². The number of hydrogen-bond acceptors (Lipinski definition) is 5. The van der Waals surface area contributed by atoms with E-state index in [4.69, 9.17) is 4.42 Å². The van der Waals surface area contributed by atoms with Gasteiger partial charge in [-0.15, -0.1) is 0 Å². The third-order valence-electron chi connectivity index (χ3n) is 3.47. The summed E-state index contributed by atoms with van der Waals surface area (Å²) in [5.74, 6) is -1.35. The molecule has 0 unspecified atom stereocenters. The first-order chi connectivity index (χ1) is 12.5. The molecule has 0 saturated carbocycles. The smallest absolute Gasteiger partial charge is 0.313 e. The Bertz CT molecular complexity index is 756. The number of para-hydroxylation sites is 1. The lowest BCUT2D eigenvalue weighted by atomic mass is 10.1. The van der Waals surface area contributed by atoms with Crippen molar-refractivity contribution in [2.45, 2.75) is 6.54 Å². The average molecular weight is 358 g/mol. The summed E-state index contributed by atoms with van der Waals surface area (Å²) in [6.07, 6.45) is 1.52. The van der Waals surface area contributed by atoms with E-state index in [1.807, 2.05) is 19.0 Å². The van der Waals surface area contributed by atoms with Gasteiger partial charge in [-0.3, -0.25) is 14.4 Å². The Hall–Kier alpha value is -3.13. The fourth-order valence-corrected chi connectivity index (χ4v) is 2.12. The van der Waals surface area contributed by atoms with Crippen LogP contribution in [-0.4, -0.2) is 49.8 Å². The van der Waals surface area contributed by atoms with Crippen molar-refractivity contribution < 1.29 is 18.8 Å². The van der Waals surface area contributed by atoms with Crippen LogP contribution in [-0.2, 0) is 16.1 Å². The molecule has 0 aliphatic carbocycles. The molecule has 2 aromatic rings. The number of nitrogens with zero attached hydrogens (tertiary/aromatic N) is 1. The first-order valence-corrected chi connectivity index (χ1v) is 8.11. The number of hydrogen-bond donors (Lipinski definition) is 3. The molecule has 26 heavy (non-hydrogen) atoms. The van der Waals surface area contributed by atoms with Crippen LogP contribution in [0.3, 0.4) is 0 Å². The van der Waals surface area contributed by atoms with Crippen LogP contribution in [0.25, 0.3) is 0 Å². The summed E-state index contributed by atoms with van der Waals surface area (Å²) >= 11 is 0. The quantitative estimate of drug-likeness (QED) is 0.636. The third kappa shape index (κ3) is 5.75. The molecule has 0 radical (unpaired) electrons. The molecule has 8 heteroatoms. The molecule has 0 atom stereocenters. The molecule has 138 valence electrons. The topological polar surface area (TPSA) is 104 Å². The summed E-state index contributed by atoms with van der Waals surface area (Å²) in [5.41, 5.74) is 0.519. The number of anilines is 1. The zero-order valence-corrected chi connectivity index (χ0v) is 14.7. The van der Waals surface area contributed by atoms with Crippen molar-refractivity contribution in [3.05, 3.63) is 54.0 Å². The van der Waals surface area contributed by atoms with Crippen LogP contribution >= 0.6 is 0 Å². The number of rotatable bonds is 7. The first-order valence-electron chi connectivity index (χ1n) is 8.11. The van der Waals surface area contributed by atoms with Crippen molar-refractivity contribution in [2.75, 3.05) is 32.5 Å². The summed E-state index contributed by atoms with van der Waals surface area (Å²) < 4.78 is 5.16. The Morgan fingerprint density at radius 2 is 1.77 bits per heavy atom. The van der Waals surface area contributed by atoms with E-state index in [2.05, 4.69) is 16.0 Å². The molecular weight excluding hydrogens is 336 g/mol. The van der Waals surface area contributed by atoms with Crippen molar-refractivity contribution >= 4 is 23.4 Å². The van der Waals surface area contributed by atoms with Gasteiger partial charge in [0, 0.05) is 13.1 Å². The first kappa shape index (κ1) is 19.2. The molecule has 2 rings (SSSR count). The highest BCUT2D eigenvalue weighted by Gasteiger charge is 2.17. The Kier molecular flexibility index (Phi) is 6.92. The van der Waals surface area contributed by atoms with Gasteiger partial charge in [0.25, 0.3) is 5.91 Å². The summed E-state index contributed by atoms with van der Waals surface area (Å²) in [6, 6.07) is 9.94. The van der Waals surface area contributed by atoms with Gasteiger partial charge in [-0.2, -0.15) is 0 Å². The van der Waals surface area contributed by atoms with Gasteiger partial charge < -0.3 is 25.3 Å². The van der Waals surface area contributed by atoms with Gasteiger partial charge in [-0.25, -0.2) is 0 Å². The zero-order valence-electron chi connectivity index (χ0n) is 14.7. The molecule has 0 aliphatic heterocycles. The Morgan fingerprint density at radius 1 is 1.00 bits per heavy atom. The molecule has 0 bridgehead atoms. The molecule has 1 aromatic heterocycles. The van der Waals surface area contributed by atoms with Gasteiger partial charge in [0.05, 0.1) is 24.1 Å². The van der Waals surface area contributed by atoms with Crippen LogP contribution in [0.5, 0.6) is 0 Å². The number of carbonyl (C=O) groups excluding carboxylic acids is 3. The van der Waals surface area contributed by atoms with Gasteiger partial charge in [0.2, 0.25) is 0 Å². The van der Waals surface area contributed by atoms with Crippen molar-refractivity contribution in [3.63, 3.8) is 0 Å². The Labute approximate surface area is 151 Å². The van der Waals surface area contributed by atoms with E-state index in [-0.39, 0.29) is 23.7 Å². The Morgan fingerprint density at radius 3 is 2.46 bits per heavy atom. The number of carbonyl (C=O) groups is 3. The molecule has 0 aliphatic rings. The van der Waals surface area contributed by atoms with E-state index >= 15 is 0 Å². The van der Waals surface area contributed by atoms with E-state index in [1.54, 1.807) is 36.4 Å². The van der Waals surface area contributed by atoms with Crippen LogP contribution in [0.1, 0.15) is 16.1 Å². The third-order valence-corrected chi connectivity index (χ3v) is 3.47. The number of likely N-dealkylation sites (N-methyl/N-ethyl adjacent to an activating group) is 1. The van der Waals surface area contributed by atoms with Crippen LogP contribution in [0.4, 0.5) is 5.69 Å². The maximum absolute atomic E-state index is 12.3. The lowest BCUT2D eigenvalue weighted by Gasteiger charge is -2.12. The van der Waals surface area contributed by atoms with E-state index in [9.17, 15) is 14.4 Å². The van der Waals surface area contributed by atoms with Gasteiger partial charge in [0.15, 0.2) is 0 Å². The fourth-order valence-electron chi connectivity index (χ4n) is 2.12. The predicted molar refractivity (Wildman–Crippen MR) is 96.5 cm³/mol. The molecule has 1 aromatic carbocycles. The molecule has 0 saturated heterocycles. The molecule has 0 spiro atoms. The largest absolute Gasteiger partial charge is 0.467 e. The second-order valence-corrected chi connectivity index (χ2v) is 5.82. The van der Waals surface area contributed by atoms with Gasteiger partial charge >= 0.3 is 11.8 Å². The SMILES string of the molecule is CN(C)CCNC(=O)C(=O)Nc1ccccc1C(=O)NCc1ccco1. The minimum absolute atomic E-state index is 0.221. The highest BCUT2D eigenvalue weighted by molar-refractivity contribution is 6.40. The van der Waals surface area contributed by atoms with E-state index in [0.717, 1.165) is 0 Å². The van der Waals surface area contributed by atoms with E-state index in [1.165, 1.54) is 6.26 Å². The van der Waals surface area contributed by atoms with Gasteiger partial charge in [0.1, 0.15) is 5.76 Å². The van der Waals surface area contributed by atoms with Gasteiger partial charge in [-0.1, -0.05) is 12.1 Å². The summed E-state index contributed by atoms with van der Waals surface area (Å²) in [4.78, 5) is 38.1. The minimum Gasteiger partial charge on any atom is -0.467 e. The Balaban J connectivity index is 1.95. The second kappa shape index (κ2) is 9.38. The number of benzene rings is 1. The highest BCUT2D eigenvalue weighted by atomic mass is 16.3. The standard InChI is InChI=1S/C18H22N4O4/c1-22(2)10-9-19-17(24)18(25)21-15-8-4-3-7-14(15)16(23)20-12-13-6-5-11-26-13/h3-8,11H,9-10,12H2,1-2H3,(H,19,24)(H,20,23)(H,21,25). The minimum atomic E-state index is -0.824. The fraction of sp³-hybridized carbons (Fsp3) is 0.278. The molecule has 1 heterocycles. The maximum Gasteiger partial charge on any atom is 0.313 e. The predicted octanol–water partition coefficient (Wildman–Crippen LogP) is 0.826. The zero-order chi connectivity index (χ0) is 18.9. The number of furan rings is 1. The van der Waals surface area contributed by atoms with Crippen molar-refractivity contribution in [1.29, 1.82) is 0 Å². The average Bonchev–Trinajstić information content (AvgIpc) is 3.13. The maximum atomic E-state index is 12.3.